The standard InChI is InChI=1S/C23H29N3O7S/c1-4-32-20-8-6-18(13-21(20)30-3)15-24-33-16-23(27)25-19-7-5-17(2)22(14-19)34(28,29)26-9-11-31-12-10-26/h5-8,13-15H,4,9-12,16H2,1-3H3,(H,25,27)/b24-15+. The van der Waals surface area contributed by atoms with Crippen molar-refractivity contribution in [3.63, 3.8) is 0 Å². The minimum Gasteiger partial charge on any atom is -0.493 e. The van der Waals surface area contributed by atoms with Gasteiger partial charge in [-0.1, -0.05) is 11.2 Å². The quantitative estimate of drug-likeness (QED) is 0.401. The number of amides is 1. The first-order valence-electron chi connectivity index (χ1n) is 10.8. The number of aryl methyl sites for hydroxylation is 1. The molecule has 0 spiro atoms. The maximum Gasteiger partial charge on any atom is 0.265 e. The number of sulfonamides is 1. The van der Waals surface area contributed by atoms with Crippen molar-refractivity contribution in [1.29, 1.82) is 0 Å². The van der Waals surface area contributed by atoms with Gasteiger partial charge in [0, 0.05) is 24.3 Å². The highest BCUT2D eigenvalue weighted by atomic mass is 32.2. The summed E-state index contributed by atoms with van der Waals surface area (Å²) in [6, 6.07) is 10.0. The first-order chi connectivity index (χ1) is 16.3. The summed E-state index contributed by atoms with van der Waals surface area (Å²) >= 11 is 0. The lowest BCUT2D eigenvalue weighted by Gasteiger charge is -2.26. The molecule has 184 valence electrons. The summed E-state index contributed by atoms with van der Waals surface area (Å²) in [5, 5.41) is 6.45. The van der Waals surface area contributed by atoms with Gasteiger partial charge < -0.3 is 24.4 Å². The summed E-state index contributed by atoms with van der Waals surface area (Å²) in [5.41, 5.74) is 1.65. The number of nitrogens with zero attached hydrogens (tertiary/aromatic N) is 2. The number of hydrogen-bond donors (Lipinski definition) is 1. The summed E-state index contributed by atoms with van der Waals surface area (Å²) in [4.78, 5) is 17.5. The van der Waals surface area contributed by atoms with Crippen molar-refractivity contribution in [2.24, 2.45) is 5.16 Å². The number of anilines is 1. The van der Waals surface area contributed by atoms with Crippen LogP contribution in [0.4, 0.5) is 5.69 Å². The van der Waals surface area contributed by atoms with E-state index in [-0.39, 0.29) is 11.5 Å². The highest BCUT2D eigenvalue weighted by molar-refractivity contribution is 7.89. The average molecular weight is 492 g/mol. The Hall–Kier alpha value is -3.15. The van der Waals surface area contributed by atoms with E-state index in [1.807, 2.05) is 6.92 Å². The van der Waals surface area contributed by atoms with Gasteiger partial charge in [0.25, 0.3) is 5.91 Å². The fourth-order valence-electron chi connectivity index (χ4n) is 3.31. The molecule has 1 N–H and O–H groups in total. The van der Waals surface area contributed by atoms with E-state index in [2.05, 4.69) is 10.5 Å². The first-order valence-corrected chi connectivity index (χ1v) is 12.2. The Morgan fingerprint density at radius 2 is 1.94 bits per heavy atom. The number of hydrogen-bond acceptors (Lipinski definition) is 8. The molecule has 0 atom stereocenters. The van der Waals surface area contributed by atoms with Gasteiger partial charge in [0.05, 0.1) is 38.0 Å². The highest BCUT2D eigenvalue weighted by Gasteiger charge is 2.28. The van der Waals surface area contributed by atoms with Crippen molar-refractivity contribution >= 4 is 27.8 Å². The van der Waals surface area contributed by atoms with Crippen molar-refractivity contribution in [2.45, 2.75) is 18.7 Å². The molecule has 0 aliphatic carbocycles. The van der Waals surface area contributed by atoms with Crippen LogP contribution in [0, 0.1) is 6.92 Å². The molecule has 1 aliphatic rings. The molecule has 0 radical (unpaired) electrons. The molecule has 34 heavy (non-hydrogen) atoms. The van der Waals surface area contributed by atoms with Crippen LogP contribution in [0.2, 0.25) is 0 Å². The Kier molecular flexibility index (Phi) is 8.85. The van der Waals surface area contributed by atoms with E-state index in [0.29, 0.717) is 61.2 Å². The molecule has 1 fully saturated rings. The lowest BCUT2D eigenvalue weighted by atomic mass is 10.2. The van der Waals surface area contributed by atoms with Gasteiger partial charge in [-0.25, -0.2) is 8.42 Å². The van der Waals surface area contributed by atoms with E-state index < -0.39 is 15.9 Å². The van der Waals surface area contributed by atoms with Crippen LogP contribution in [0.15, 0.2) is 46.4 Å². The molecule has 1 aliphatic heterocycles. The van der Waals surface area contributed by atoms with Crippen molar-refractivity contribution in [1.82, 2.24) is 4.31 Å². The van der Waals surface area contributed by atoms with Gasteiger partial charge in [-0.3, -0.25) is 4.79 Å². The van der Waals surface area contributed by atoms with Crippen LogP contribution in [0.25, 0.3) is 0 Å². The summed E-state index contributed by atoms with van der Waals surface area (Å²) < 4.78 is 43.4. The van der Waals surface area contributed by atoms with Crippen molar-refractivity contribution in [3.8, 4) is 11.5 Å². The second-order valence-electron chi connectivity index (χ2n) is 7.40. The molecule has 2 aromatic carbocycles. The van der Waals surface area contributed by atoms with Gasteiger partial charge in [0.2, 0.25) is 10.0 Å². The largest absolute Gasteiger partial charge is 0.493 e. The van der Waals surface area contributed by atoms with Gasteiger partial charge in [0.1, 0.15) is 0 Å². The monoisotopic (exact) mass is 491 g/mol. The molecule has 10 nitrogen and oxygen atoms in total. The minimum atomic E-state index is -3.69. The molecule has 0 aromatic heterocycles. The number of rotatable bonds is 10. The third kappa shape index (κ3) is 6.46. The average Bonchev–Trinajstić information content (AvgIpc) is 2.84. The Balaban J connectivity index is 1.58. The fraction of sp³-hybridized carbons (Fsp3) is 0.391. The van der Waals surface area contributed by atoms with Gasteiger partial charge in [-0.2, -0.15) is 4.31 Å². The van der Waals surface area contributed by atoms with Crippen LogP contribution in [0.3, 0.4) is 0 Å². The lowest BCUT2D eigenvalue weighted by Crippen LogP contribution is -2.40. The normalized spacial score (nSPS) is 14.7. The van der Waals surface area contributed by atoms with Crippen LogP contribution in [-0.4, -0.2) is 71.5 Å². The van der Waals surface area contributed by atoms with Gasteiger partial charge in [0.15, 0.2) is 18.1 Å². The molecule has 1 heterocycles. The summed E-state index contributed by atoms with van der Waals surface area (Å²) in [7, 11) is -2.14. The fourth-order valence-corrected chi connectivity index (χ4v) is 4.97. The Morgan fingerprint density at radius 3 is 2.65 bits per heavy atom. The van der Waals surface area contributed by atoms with Crippen LogP contribution >= 0.6 is 0 Å². The summed E-state index contributed by atoms with van der Waals surface area (Å²) in [6.45, 7) is 5.08. The molecular weight excluding hydrogens is 462 g/mol. The SMILES string of the molecule is CCOc1ccc(/C=N/OCC(=O)Nc2ccc(C)c(S(=O)(=O)N3CCOCC3)c2)cc1OC. The molecule has 0 saturated carbocycles. The van der Waals surface area contributed by atoms with Crippen LogP contribution in [0.5, 0.6) is 11.5 Å². The second kappa shape index (κ2) is 11.8. The molecule has 0 bridgehead atoms. The number of methoxy groups -OCH3 is 1. The van der Waals surface area contributed by atoms with E-state index in [1.165, 1.54) is 16.6 Å². The predicted octanol–water partition coefficient (Wildman–Crippen LogP) is 2.41. The number of benzene rings is 2. The summed E-state index contributed by atoms with van der Waals surface area (Å²) in [5.74, 6) is 0.710. The molecule has 0 unspecified atom stereocenters. The Bertz CT molecular complexity index is 1130. The number of ether oxygens (including phenoxy) is 3. The zero-order valence-corrected chi connectivity index (χ0v) is 20.3. The van der Waals surface area contributed by atoms with Crippen molar-refractivity contribution in [2.75, 3.05) is 51.9 Å². The van der Waals surface area contributed by atoms with E-state index in [1.54, 1.807) is 44.4 Å². The van der Waals surface area contributed by atoms with Gasteiger partial charge in [-0.05, 0) is 49.7 Å². The number of oxime groups is 1. The Morgan fingerprint density at radius 1 is 1.18 bits per heavy atom. The molecular formula is C23H29N3O7S. The van der Waals surface area contributed by atoms with E-state index >= 15 is 0 Å². The van der Waals surface area contributed by atoms with Gasteiger partial charge in [-0.15, -0.1) is 0 Å². The van der Waals surface area contributed by atoms with Gasteiger partial charge >= 0.3 is 0 Å². The van der Waals surface area contributed by atoms with Crippen LogP contribution in [0.1, 0.15) is 18.1 Å². The van der Waals surface area contributed by atoms with E-state index in [4.69, 9.17) is 19.0 Å². The van der Waals surface area contributed by atoms with Crippen molar-refractivity contribution in [3.05, 3.63) is 47.5 Å². The number of nitrogens with one attached hydrogen (secondary N) is 1. The molecule has 2 aromatic rings. The molecule has 11 heteroatoms. The Labute approximate surface area is 199 Å². The van der Waals surface area contributed by atoms with Crippen molar-refractivity contribution < 1.29 is 32.3 Å². The van der Waals surface area contributed by atoms with E-state index in [0.717, 1.165) is 0 Å². The zero-order chi connectivity index (χ0) is 24.6. The van der Waals surface area contributed by atoms with Crippen LogP contribution < -0.4 is 14.8 Å². The van der Waals surface area contributed by atoms with Crippen LogP contribution in [-0.2, 0) is 24.4 Å². The maximum absolute atomic E-state index is 13.0. The first kappa shape index (κ1) is 25.5. The minimum absolute atomic E-state index is 0.149. The third-order valence-corrected chi connectivity index (χ3v) is 7.06. The highest BCUT2D eigenvalue weighted by Crippen LogP contribution is 2.27. The zero-order valence-electron chi connectivity index (χ0n) is 19.4. The smallest absolute Gasteiger partial charge is 0.265 e. The topological polar surface area (TPSA) is 116 Å². The maximum atomic E-state index is 13.0. The number of carbonyl (C=O) groups excluding carboxylic acids is 1. The number of carbonyl (C=O) groups is 1. The lowest BCUT2D eigenvalue weighted by molar-refractivity contribution is -0.120. The van der Waals surface area contributed by atoms with E-state index in [9.17, 15) is 13.2 Å². The third-order valence-electron chi connectivity index (χ3n) is 5.02. The number of morpholine rings is 1. The molecule has 3 rings (SSSR count). The predicted molar refractivity (Wildman–Crippen MR) is 127 cm³/mol. The molecule has 1 amide bonds. The summed E-state index contributed by atoms with van der Waals surface area (Å²) in [6.07, 6.45) is 1.45. The molecule has 1 saturated heterocycles. The second-order valence-corrected chi connectivity index (χ2v) is 9.30.